The Bertz CT molecular complexity index is 793. The van der Waals surface area contributed by atoms with Crippen LogP contribution in [-0.4, -0.2) is 34.7 Å². The third-order valence-corrected chi connectivity index (χ3v) is 4.67. The number of hydrogen-bond donors (Lipinski definition) is 0. The fourth-order valence-corrected chi connectivity index (χ4v) is 3.24. The Morgan fingerprint density at radius 2 is 1.96 bits per heavy atom. The minimum Gasteiger partial charge on any atom is -0.439 e. The number of nitrogens with zero attached hydrogens (tertiary/aromatic N) is 3. The number of piperidine rings is 1. The molecule has 0 saturated carbocycles. The molecule has 6 heteroatoms. The number of oxazole rings is 1. The van der Waals surface area contributed by atoms with Crippen molar-refractivity contribution in [2.24, 2.45) is 11.8 Å². The van der Waals surface area contributed by atoms with Gasteiger partial charge in [0.1, 0.15) is 5.52 Å². The molecule has 0 N–H and O–H groups in total. The van der Waals surface area contributed by atoms with E-state index in [0.29, 0.717) is 37.0 Å². The molecule has 3 rings (SSSR count). The van der Waals surface area contributed by atoms with Gasteiger partial charge in [-0.05, 0) is 25.0 Å². The maximum atomic E-state index is 12.8. The zero-order valence-corrected chi connectivity index (χ0v) is 14.4. The van der Waals surface area contributed by atoms with Gasteiger partial charge in [0.15, 0.2) is 17.3 Å². The summed E-state index contributed by atoms with van der Waals surface area (Å²) in [5.74, 6) is -1.17. The van der Waals surface area contributed by atoms with Crippen LogP contribution in [0.4, 0.5) is 0 Å². The maximum absolute atomic E-state index is 12.8. The van der Waals surface area contributed by atoms with Gasteiger partial charge in [0.2, 0.25) is 11.8 Å². The molecule has 25 heavy (non-hydrogen) atoms. The van der Waals surface area contributed by atoms with Gasteiger partial charge in [0.25, 0.3) is 0 Å². The van der Waals surface area contributed by atoms with Gasteiger partial charge in [-0.25, -0.2) is 4.98 Å². The Kier molecular flexibility index (Phi) is 4.84. The van der Waals surface area contributed by atoms with Gasteiger partial charge in [-0.2, -0.15) is 5.26 Å². The normalized spacial score (nSPS) is 16.8. The summed E-state index contributed by atoms with van der Waals surface area (Å²) in [5, 5.41) is 9.48. The van der Waals surface area contributed by atoms with Crippen LogP contribution in [-0.2, 0) is 9.59 Å². The number of ketones is 1. The third-order valence-electron chi connectivity index (χ3n) is 4.67. The Morgan fingerprint density at radius 1 is 1.28 bits per heavy atom. The Balaban J connectivity index is 1.71. The number of rotatable bonds is 4. The van der Waals surface area contributed by atoms with Crippen LogP contribution in [0.3, 0.4) is 0 Å². The molecule has 2 heterocycles. The zero-order chi connectivity index (χ0) is 18.0. The average Bonchev–Trinajstić information content (AvgIpc) is 3.05. The molecule has 6 nitrogen and oxygen atoms in total. The number of hydrogen-bond acceptors (Lipinski definition) is 5. The Hall–Kier alpha value is -2.68. The second-order valence-corrected chi connectivity index (χ2v) is 6.74. The van der Waals surface area contributed by atoms with E-state index in [1.807, 2.05) is 32.0 Å². The van der Waals surface area contributed by atoms with Crippen LogP contribution >= 0.6 is 0 Å². The Morgan fingerprint density at radius 3 is 2.56 bits per heavy atom. The van der Waals surface area contributed by atoms with E-state index < -0.39 is 5.92 Å². The summed E-state index contributed by atoms with van der Waals surface area (Å²) in [5.41, 5.74) is 1.21. The molecule has 2 aromatic rings. The summed E-state index contributed by atoms with van der Waals surface area (Å²) in [6.07, 6.45) is 1.16. The van der Waals surface area contributed by atoms with Crippen molar-refractivity contribution in [1.82, 2.24) is 9.88 Å². The van der Waals surface area contributed by atoms with Crippen molar-refractivity contribution >= 4 is 22.8 Å². The van der Waals surface area contributed by atoms with Gasteiger partial charge < -0.3 is 9.32 Å². The van der Waals surface area contributed by atoms with Crippen LogP contribution in [0, 0.1) is 23.2 Å². The summed E-state index contributed by atoms with van der Waals surface area (Å²) in [6.45, 7) is 4.86. The highest BCUT2D eigenvalue weighted by atomic mass is 16.3. The maximum Gasteiger partial charge on any atom is 0.225 e. The molecule has 0 aliphatic carbocycles. The van der Waals surface area contributed by atoms with Crippen LogP contribution in [0.15, 0.2) is 28.7 Å². The largest absolute Gasteiger partial charge is 0.439 e. The van der Waals surface area contributed by atoms with Gasteiger partial charge in [-0.3, -0.25) is 9.59 Å². The number of amides is 1. The van der Waals surface area contributed by atoms with E-state index in [4.69, 9.17) is 4.42 Å². The second kappa shape index (κ2) is 7.06. The van der Waals surface area contributed by atoms with Crippen molar-refractivity contribution in [2.75, 3.05) is 13.1 Å². The molecule has 1 aromatic carbocycles. The minimum absolute atomic E-state index is 0.0427. The number of likely N-dealkylation sites (tertiary alicyclic amines) is 1. The molecule has 0 bridgehead atoms. The van der Waals surface area contributed by atoms with E-state index in [9.17, 15) is 14.9 Å². The molecule has 1 aromatic heterocycles. The summed E-state index contributed by atoms with van der Waals surface area (Å²) >= 11 is 0. The van der Waals surface area contributed by atoms with Crippen LogP contribution in [0.2, 0.25) is 0 Å². The molecule has 0 unspecified atom stereocenters. The molecule has 1 amide bonds. The highest BCUT2D eigenvalue weighted by Gasteiger charge is 2.35. The first-order valence-corrected chi connectivity index (χ1v) is 8.59. The predicted molar refractivity (Wildman–Crippen MR) is 91.5 cm³/mol. The first kappa shape index (κ1) is 17.2. The van der Waals surface area contributed by atoms with Crippen molar-refractivity contribution in [1.29, 1.82) is 5.26 Å². The number of carbonyl (C=O) groups is 2. The van der Waals surface area contributed by atoms with Gasteiger partial charge >= 0.3 is 0 Å². The number of Topliss-reactive ketones (excluding diaryl/α,β-unsaturated/α-hetero) is 1. The predicted octanol–water partition coefficient (Wildman–Crippen LogP) is 2.90. The zero-order valence-electron chi connectivity index (χ0n) is 14.4. The Labute approximate surface area is 146 Å². The van der Waals surface area contributed by atoms with E-state index >= 15 is 0 Å². The minimum atomic E-state index is -0.996. The first-order chi connectivity index (χ1) is 12.0. The van der Waals surface area contributed by atoms with Crippen LogP contribution < -0.4 is 0 Å². The van der Waals surface area contributed by atoms with Crippen molar-refractivity contribution in [3.63, 3.8) is 0 Å². The SMILES string of the molecule is CC(C)C(=O)N1CCC(C(=O)[C@@H](C#N)c2nc3ccccc3o2)CC1. The number of para-hydroxylation sites is 2. The fourth-order valence-electron chi connectivity index (χ4n) is 3.24. The van der Waals surface area contributed by atoms with Crippen molar-refractivity contribution < 1.29 is 14.0 Å². The highest BCUT2D eigenvalue weighted by molar-refractivity contribution is 5.90. The molecule has 1 aliphatic rings. The number of aromatic nitrogens is 1. The lowest BCUT2D eigenvalue weighted by Crippen LogP contribution is -2.42. The number of nitriles is 1. The van der Waals surface area contributed by atoms with Crippen molar-refractivity contribution in [3.05, 3.63) is 30.2 Å². The standard InChI is InChI=1S/C19H21N3O3/c1-12(2)19(24)22-9-7-13(8-10-22)17(23)14(11-20)18-21-15-5-3-4-6-16(15)25-18/h3-6,12-14H,7-10H2,1-2H3/t14-/m1/s1. The molecular formula is C19H21N3O3. The average molecular weight is 339 g/mol. The molecule has 1 saturated heterocycles. The van der Waals surface area contributed by atoms with Gasteiger partial charge in [0, 0.05) is 24.9 Å². The molecule has 1 aliphatic heterocycles. The molecule has 0 spiro atoms. The summed E-state index contributed by atoms with van der Waals surface area (Å²) in [4.78, 5) is 30.9. The number of fused-ring (bicyclic) bond motifs is 1. The second-order valence-electron chi connectivity index (χ2n) is 6.74. The molecule has 1 fully saturated rings. The lowest BCUT2D eigenvalue weighted by atomic mass is 9.86. The molecule has 130 valence electrons. The summed E-state index contributed by atoms with van der Waals surface area (Å²) < 4.78 is 5.60. The topological polar surface area (TPSA) is 87.2 Å². The summed E-state index contributed by atoms with van der Waals surface area (Å²) in [6, 6.07) is 9.25. The highest BCUT2D eigenvalue weighted by Crippen LogP contribution is 2.28. The molecule has 0 radical (unpaired) electrons. The third kappa shape index (κ3) is 3.41. The lowest BCUT2D eigenvalue weighted by Gasteiger charge is -2.32. The first-order valence-electron chi connectivity index (χ1n) is 8.59. The van der Waals surface area contributed by atoms with Crippen molar-refractivity contribution in [2.45, 2.75) is 32.6 Å². The number of carbonyl (C=O) groups excluding carboxylic acids is 2. The van der Waals surface area contributed by atoms with Crippen molar-refractivity contribution in [3.8, 4) is 6.07 Å². The van der Waals surface area contributed by atoms with Gasteiger partial charge in [0.05, 0.1) is 6.07 Å². The fraction of sp³-hybridized carbons (Fsp3) is 0.474. The number of benzene rings is 1. The smallest absolute Gasteiger partial charge is 0.225 e. The van der Waals surface area contributed by atoms with E-state index in [2.05, 4.69) is 4.98 Å². The van der Waals surface area contributed by atoms with Gasteiger partial charge in [-0.1, -0.05) is 26.0 Å². The van der Waals surface area contributed by atoms with Gasteiger partial charge in [-0.15, -0.1) is 0 Å². The lowest BCUT2D eigenvalue weighted by molar-refractivity contribution is -0.137. The van der Waals surface area contributed by atoms with E-state index in [1.54, 1.807) is 17.0 Å². The quantitative estimate of drug-likeness (QED) is 0.855. The van der Waals surface area contributed by atoms with E-state index in [-0.39, 0.29) is 29.4 Å². The monoisotopic (exact) mass is 339 g/mol. The molecular weight excluding hydrogens is 318 g/mol. The van der Waals surface area contributed by atoms with Crippen LogP contribution in [0.1, 0.15) is 38.5 Å². The van der Waals surface area contributed by atoms with Crippen LogP contribution in [0.25, 0.3) is 11.1 Å². The van der Waals surface area contributed by atoms with Crippen LogP contribution in [0.5, 0.6) is 0 Å². The molecule has 1 atom stereocenters. The summed E-state index contributed by atoms with van der Waals surface area (Å²) in [7, 11) is 0. The van der Waals surface area contributed by atoms with E-state index in [0.717, 1.165) is 0 Å². The van der Waals surface area contributed by atoms with E-state index in [1.165, 1.54) is 0 Å².